The van der Waals surface area contributed by atoms with Crippen molar-refractivity contribution in [2.75, 3.05) is 0 Å². The third-order valence-electron chi connectivity index (χ3n) is 4.09. The number of allylic oxidation sites excluding steroid dienone is 2. The SMILES string of the molecule is CCCCC1(C(C)(C)C)CC(=O)C(Cl)=C1O[SiH](C)C. The van der Waals surface area contributed by atoms with Gasteiger partial charge in [0.1, 0.15) is 10.8 Å². The molecule has 0 aromatic heterocycles. The van der Waals surface area contributed by atoms with Crippen LogP contribution in [0, 0.1) is 10.8 Å². The highest BCUT2D eigenvalue weighted by Gasteiger charge is 2.53. The average Bonchev–Trinajstić information content (AvgIpc) is 2.51. The van der Waals surface area contributed by atoms with Crippen molar-refractivity contribution in [3.8, 4) is 0 Å². The third-order valence-corrected chi connectivity index (χ3v) is 5.18. The van der Waals surface area contributed by atoms with Crippen molar-refractivity contribution >= 4 is 26.4 Å². The number of ketones is 1. The van der Waals surface area contributed by atoms with Crippen LogP contribution in [-0.4, -0.2) is 14.8 Å². The number of carbonyl (C=O) groups is 1. The Balaban J connectivity index is 3.25. The number of hydrogen-bond donors (Lipinski definition) is 0. The first-order valence-electron chi connectivity index (χ1n) is 7.26. The topological polar surface area (TPSA) is 26.3 Å². The molecule has 1 atom stereocenters. The zero-order chi connectivity index (χ0) is 14.8. The van der Waals surface area contributed by atoms with E-state index in [1.165, 1.54) is 0 Å². The predicted octanol–water partition coefficient (Wildman–Crippen LogP) is 4.63. The molecule has 0 aromatic rings. The molecule has 0 radical (unpaired) electrons. The minimum Gasteiger partial charge on any atom is -0.548 e. The lowest BCUT2D eigenvalue weighted by molar-refractivity contribution is -0.117. The molecule has 0 saturated heterocycles. The van der Waals surface area contributed by atoms with Gasteiger partial charge >= 0.3 is 0 Å². The number of Topliss-reactive ketones (excluding diaryl/α,β-unsaturated/α-hetero) is 1. The fraction of sp³-hybridized carbons (Fsp3) is 0.800. The maximum Gasteiger partial charge on any atom is 0.229 e. The molecular weight excluding hydrogens is 276 g/mol. The van der Waals surface area contributed by atoms with Gasteiger partial charge in [-0.25, -0.2) is 0 Å². The number of carbonyl (C=O) groups excluding carboxylic acids is 1. The van der Waals surface area contributed by atoms with Gasteiger partial charge in [-0.2, -0.15) is 0 Å². The second-order valence-corrected chi connectivity index (χ2v) is 9.56. The first-order valence-corrected chi connectivity index (χ1v) is 10.4. The summed E-state index contributed by atoms with van der Waals surface area (Å²) in [7, 11) is -1.27. The lowest BCUT2D eigenvalue weighted by Gasteiger charge is -2.44. The second-order valence-electron chi connectivity index (χ2n) is 6.85. The molecule has 0 bridgehead atoms. The van der Waals surface area contributed by atoms with Crippen LogP contribution in [0.5, 0.6) is 0 Å². The van der Waals surface area contributed by atoms with E-state index in [9.17, 15) is 4.79 Å². The van der Waals surface area contributed by atoms with Crippen molar-refractivity contribution in [2.45, 2.75) is 66.5 Å². The van der Waals surface area contributed by atoms with Crippen LogP contribution in [0.25, 0.3) is 0 Å². The summed E-state index contributed by atoms with van der Waals surface area (Å²) in [5.41, 5.74) is -0.235. The van der Waals surface area contributed by atoms with Crippen LogP contribution in [-0.2, 0) is 9.22 Å². The molecule has 1 aliphatic carbocycles. The van der Waals surface area contributed by atoms with E-state index < -0.39 is 9.04 Å². The molecule has 0 fully saturated rings. The van der Waals surface area contributed by atoms with E-state index in [-0.39, 0.29) is 16.6 Å². The number of rotatable bonds is 5. The van der Waals surface area contributed by atoms with E-state index in [4.69, 9.17) is 16.0 Å². The average molecular weight is 303 g/mol. The summed E-state index contributed by atoms with van der Waals surface area (Å²) in [6, 6.07) is 0. The van der Waals surface area contributed by atoms with E-state index in [2.05, 4.69) is 40.8 Å². The van der Waals surface area contributed by atoms with Crippen molar-refractivity contribution in [1.29, 1.82) is 0 Å². The Hall–Kier alpha value is -0.283. The first-order chi connectivity index (χ1) is 8.65. The number of hydrogen-bond acceptors (Lipinski definition) is 2. The molecular formula is C15H27ClO2Si. The van der Waals surface area contributed by atoms with Gasteiger partial charge in [0.25, 0.3) is 0 Å². The van der Waals surface area contributed by atoms with E-state index >= 15 is 0 Å². The first kappa shape index (κ1) is 16.8. The van der Waals surface area contributed by atoms with Gasteiger partial charge < -0.3 is 4.43 Å². The van der Waals surface area contributed by atoms with Crippen molar-refractivity contribution in [3.63, 3.8) is 0 Å². The molecule has 1 unspecified atom stereocenters. The van der Waals surface area contributed by atoms with Gasteiger partial charge in [0, 0.05) is 11.8 Å². The zero-order valence-corrected chi connectivity index (χ0v) is 15.0. The fourth-order valence-electron chi connectivity index (χ4n) is 2.83. The predicted molar refractivity (Wildman–Crippen MR) is 83.9 cm³/mol. The van der Waals surface area contributed by atoms with Gasteiger partial charge in [0.2, 0.25) is 9.04 Å². The Kier molecular flexibility index (Phi) is 5.30. The minimum atomic E-state index is -1.27. The molecule has 0 saturated carbocycles. The molecule has 0 heterocycles. The normalized spacial score (nSPS) is 24.5. The monoisotopic (exact) mass is 302 g/mol. The molecule has 1 rings (SSSR count). The molecule has 4 heteroatoms. The van der Waals surface area contributed by atoms with E-state index in [0.29, 0.717) is 11.5 Å². The quantitative estimate of drug-likeness (QED) is 0.692. The van der Waals surface area contributed by atoms with E-state index in [1.807, 2.05) is 0 Å². The highest BCUT2D eigenvalue weighted by atomic mass is 35.5. The molecule has 0 aliphatic heterocycles. The van der Waals surface area contributed by atoms with Crippen LogP contribution in [0.4, 0.5) is 0 Å². The van der Waals surface area contributed by atoms with E-state index in [0.717, 1.165) is 25.0 Å². The van der Waals surface area contributed by atoms with Gasteiger partial charge in [-0.15, -0.1) is 0 Å². The molecule has 0 spiro atoms. The van der Waals surface area contributed by atoms with Crippen LogP contribution in [0.2, 0.25) is 13.1 Å². The summed E-state index contributed by atoms with van der Waals surface area (Å²) < 4.78 is 6.10. The van der Waals surface area contributed by atoms with Crippen molar-refractivity contribution < 1.29 is 9.22 Å². The smallest absolute Gasteiger partial charge is 0.229 e. The maximum atomic E-state index is 12.1. The Bertz CT molecular complexity index is 382. The van der Waals surface area contributed by atoms with Crippen LogP contribution >= 0.6 is 11.6 Å². The number of halogens is 1. The third kappa shape index (κ3) is 3.25. The Morgan fingerprint density at radius 3 is 2.37 bits per heavy atom. The molecule has 0 aromatic carbocycles. The minimum absolute atomic E-state index is 0.0207. The lowest BCUT2D eigenvalue weighted by Crippen LogP contribution is -2.38. The summed E-state index contributed by atoms with van der Waals surface area (Å²) in [6.45, 7) is 13.0. The van der Waals surface area contributed by atoms with Crippen LogP contribution in [0.3, 0.4) is 0 Å². The summed E-state index contributed by atoms with van der Waals surface area (Å²) >= 11 is 6.27. The van der Waals surface area contributed by atoms with Crippen LogP contribution in [0.15, 0.2) is 10.8 Å². The Labute approximate surface area is 124 Å². The number of unbranched alkanes of at least 4 members (excludes halogenated alkanes) is 1. The molecule has 0 amide bonds. The van der Waals surface area contributed by atoms with Gasteiger partial charge in [0.15, 0.2) is 5.78 Å². The fourth-order valence-corrected chi connectivity index (χ4v) is 4.01. The summed E-state index contributed by atoms with van der Waals surface area (Å²) in [6.07, 6.45) is 3.70. The van der Waals surface area contributed by atoms with E-state index in [1.54, 1.807) is 0 Å². The van der Waals surface area contributed by atoms with Gasteiger partial charge in [-0.3, -0.25) is 4.79 Å². The van der Waals surface area contributed by atoms with Crippen LogP contribution < -0.4 is 0 Å². The highest BCUT2D eigenvalue weighted by molar-refractivity contribution is 6.49. The highest BCUT2D eigenvalue weighted by Crippen LogP contribution is 2.57. The zero-order valence-electron chi connectivity index (χ0n) is 13.1. The summed E-state index contributed by atoms with van der Waals surface area (Å²) in [5.74, 6) is 0.846. The van der Waals surface area contributed by atoms with Crippen molar-refractivity contribution in [1.82, 2.24) is 0 Å². The molecule has 19 heavy (non-hydrogen) atoms. The summed E-state index contributed by atoms with van der Waals surface area (Å²) in [4.78, 5) is 12.1. The largest absolute Gasteiger partial charge is 0.548 e. The Morgan fingerprint density at radius 1 is 1.37 bits per heavy atom. The van der Waals surface area contributed by atoms with Crippen LogP contribution in [0.1, 0.15) is 53.4 Å². The molecule has 1 aliphatic rings. The second kappa shape index (κ2) is 6.00. The van der Waals surface area contributed by atoms with Crippen molar-refractivity contribution in [3.05, 3.63) is 10.8 Å². The molecule has 110 valence electrons. The molecule has 2 nitrogen and oxygen atoms in total. The molecule has 0 N–H and O–H groups in total. The van der Waals surface area contributed by atoms with Gasteiger partial charge in [-0.05, 0) is 24.9 Å². The summed E-state index contributed by atoms with van der Waals surface area (Å²) in [5, 5.41) is 0.354. The maximum absolute atomic E-state index is 12.1. The van der Waals surface area contributed by atoms with Gasteiger partial charge in [-0.1, -0.05) is 52.1 Å². The van der Waals surface area contributed by atoms with Crippen molar-refractivity contribution in [2.24, 2.45) is 10.8 Å². The lowest BCUT2D eigenvalue weighted by atomic mass is 9.62. The Morgan fingerprint density at radius 2 is 1.95 bits per heavy atom. The standard InChI is InChI=1S/C15H27ClO2Si/c1-7-8-9-15(14(2,3)4)10-11(17)12(16)13(15)18-19(5)6/h19H,7-10H2,1-6H3. The van der Waals surface area contributed by atoms with Gasteiger partial charge in [0.05, 0.1) is 0 Å².